The molecule has 1 fully saturated rings. The van der Waals surface area contributed by atoms with E-state index in [9.17, 15) is 9.18 Å². The molecule has 0 aliphatic carbocycles. The lowest BCUT2D eigenvalue weighted by Gasteiger charge is -2.36. The van der Waals surface area contributed by atoms with Crippen LogP contribution in [0.2, 0.25) is 0 Å². The first-order valence-electron chi connectivity index (χ1n) is 9.29. The van der Waals surface area contributed by atoms with E-state index in [0.717, 1.165) is 31.6 Å². The van der Waals surface area contributed by atoms with Gasteiger partial charge in [-0.3, -0.25) is 4.79 Å². The predicted molar refractivity (Wildman–Crippen MR) is 99.7 cm³/mol. The van der Waals surface area contributed by atoms with E-state index in [-0.39, 0.29) is 11.7 Å². The van der Waals surface area contributed by atoms with Gasteiger partial charge in [0.25, 0.3) is 5.91 Å². The van der Waals surface area contributed by atoms with Crippen LogP contribution in [0.3, 0.4) is 0 Å². The minimum Gasteiger partial charge on any atom is -0.354 e. The van der Waals surface area contributed by atoms with Crippen LogP contribution in [-0.4, -0.2) is 35.0 Å². The highest BCUT2D eigenvalue weighted by atomic mass is 19.1. The molecule has 1 atom stereocenters. The molecule has 1 saturated heterocycles. The summed E-state index contributed by atoms with van der Waals surface area (Å²) in [7, 11) is 0. The van der Waals surface area contributed by atoms with Crippen LogP contribution >= 0.6 is 0 Å². The normalized spacial score (nSPS) is 17.2. The second-order valence-electron chi connectivity index (χ2n) is 6.61. The molecule has 0 radical (unpaired) electrons. The smallest absolute Gasteiger partial charge is 0.270 e. The molecule has 2 aromatic rings. The van der Waals surface area contributed by atoms with Crippen LogP contribution in [0, 0.1) is 5.82 Å². The molecule has 0 spiro atoms. The molecule has 2 heterocycles. The fourth-order valence-corrected chi connectivity index (χ4v) is 3.46. The number of hydrogen-bond donors (Lipinski definition) is 1. The summed E-state index contributed by atoms with van der Waals surface area (Å²) in [6, 6.07) is 8.83. The van der Waals surface area contributed by atoms with Crippen LogP contribution < -0.4 is 10.2 Å². The lowest BCUT2D eigenvalue weighted by atomic mass is 10.00. The van der Waals surface area contributed by atoms with E-state index < -0.39 is 0 Å². The Labute approximate surface area is 153 Å². The number of rotatable bonds is 6. The molecule has 3 rings (SSSR count). The molecule has 1 aromatic heterocycles. The van der Waals surface area contributed by atoms with E-state index in [1.165, 1.54) is 18.8 Å². The predicted octanol–water partition coefficient (Wildman–Crippen LogP) is 3.36. The number of carbonyl (C=O) groups is 1. The highest BCUT2D eigenvalue weighted by Gasteiger charge is 2.23. The molecule has 1 unspecified atom stereocenters. The molecule has 5 nitrogen and oxygen atoms in total. The molecule has 6 heteroatoms. The minimum absolute atomic E-state index is 0.248. The molecule has 1 N–H and O–H groups in total. The van der Waals surface area contributed by atoms with E-state index in [0.29, 0.717) is 30.3 Å². The van der Waals surface area contributed by atoms with Crippen molar-refractivity contribution in [2.24, 2.45) is 0 Å². The summed E-state index contributed by atoms with van der Waals surface area (Å²) >= 11 is 0. The number of nitrogens with one attached hydrogen (secondary N) is 1. The standard InChI is InChI=1S/C20H25FN4O/c1-2-16-8-5-6-12-25(16)19-13-18(23-14-24-19)20(26)22-11-10-15-7-3-4-9-17(15)21/h3-4,7,9,13-14,16H,2,5-6,8,10-12H2,1H3,(H,22,26). The van der Waals surface area contributed by atoms with Gasteiger partial charge in [0, 0.05) is 25.2 Å². The zero-order valence-corrected chi connectivity index (χ0v) is 15.1. The van der Waals surface area contributed by atoms with Crippen molar-refractivity contribution in [1.29, 1.82) is 0 Å². The molecule has 0 bridgehead atoms. The molecule has 26 heavy (non-hydrogen) atoms. The van der Waals surface area contributed by atoms with Crippen LogP contribution in [0.1, 0.15) is 48.7 Å². The molecule has 1 aliphatic heterocycles. The Balaban J connectivity index is 1.62. The maximum atomic E-state index is 13.6. The fraction of sp³-hybridized carbons (Fsp3) is 0.450. The second-order valence-corrected chi connectivity index (χ2v) is 6.61. The van der Waals surface area contributed by atoms with Gasteiger partial charge in [0.2, 0.25) is 0 Å². The Morgan fingerprint density at radius 3 is 2.96 bits per heavy atom. The molecule has 0 saturated carbocycles. The maximum absolute atomic E-state index is 13.6. The Morgan fingerprint density at radius 1 is 1.31 bits per heavy atom. The third kappa shape index (κ3) is 4.36. The van der Waals surface area contributed by atoms with Gasteiger partial charge >= 0.3 is 0 Å². The van der Waals surface area contributed by atoms with Gasteiger partial charge < -0.3 is 10.2 Å². The van der Waals surface area contributed by atoms with Crippen LogP contribution in [0.5, 0.6) is 0 Å². The highest BCUT2D eigenvalue weighted by Crippen LogP contribution is 2.24. The summed E-state index contributed by atoms with van der Waals surface area (Å²) in [6.45, 7) is 3.50. The van der Waals surface area contributed by atoms with E-state index in [2.05, 4.69) is 27.1 Å². The molecular formula is C20H25FN4O. The van der Waals surface area contributed by atoms with Crippen molar-refractivity contribution in [3.05, 3.63) is 53.7 Å². The fourth-order valence-electron chi connectivity index (χ4n) is 3.46. The van der Waals surface area contributed by atoms with Crippen LogP contribution in [0.15, 0.2) is 36.7 Å². The number of amides is 1. The number of benzene rings is 1. The summed E-state index contributed by atoms with van der Waals surface area (Å²) in [4.78, 5) is 23.1. The highest BCUT2D eigenvalue weighted by molar-refractivity contribution is 5.92. The number of anilines is 1. The van der Waals surface area contributed by atoms with E-state index in [1.807, 2.05) is 0 Å². The van der Waals surface area contributed by atoms with Crippen molar-refractivity contribution < 1.29 is 9.18 Å². The van der Waals surface area contributed by atoms with Crippen LogP contribution in [0.4, 0.5) is 10.2 Å². The van der Waals surface area contributed by atoms with Crippen LogP contribution in [-0.2, 0) is 6.42 Å². The van der Waals surface area contributed by atoms with E-state index in [4.69, 9.17) is 0 Å². The molecule has 138 valence electrons. The first-order chi connectivity index (χ1) is 12.7. The SMILES string of the molecule is CCC1CCCCN1c1cc(C(=O)NCCc2ccccc2F)ncn1. The Bertz CT molecular complexity index is 752. The summed E-state index contributed by atoms with van der Waals surface area (Å²) < 4.78 is 13.6. The van der Waals surface area contributed by atoms with Crippen molar-refractivity contribution in [2.75, 3.05) is 18.0 Å². The minimum atomic E-state index is -0.255. The number of halogens is 1. The van der Waals surface area contributed by atoms with Gasteiger partial charge in [0.1, 0.15) is 23.7 Å². The van der Waals surface area contributed by atoms with Gasteiger partial charge in [-0.25, -0.2) is 14.4 Å². The third-order valence-electron chi connectivity index (χ3n) is 4.92. The van der Waals surface area contributed by atoms with E-state index in [1.54, 1.807) is 24.3 Å². The third-order valence-corrected chi connectivity index (χ3v) is 4.92. The maximum Gasteiger partial charge on any atom is 0.270 e. The summed E-state index contributed by atoms with van der Waals surface area (Å²) in [5.74, 6) is 0.308. The van der Waals surface area contributed by atoms with Gasteiger partial charge in [-0.15, -0.1) is 0 Å². The Hall–Kier alpha value is -2.50. The Morgan fingerprint density at radius 2 is 2.15 bits per heavy atom. The first kappa shape index (κ1) is 18.3. The topological polar surface area (TPSA) is 58.1 Å². The Kier molecular flexibility index (Phi) is 6.15. The summed E-state index contributed by atoms with van der Waals surface area (Å²) in [6.07, 6.45) is 6.50. The van der Waals surface area contributed by atoms with Crippen molar-refractivity contribution >= 4 is 11.7 Å². The zero-order valence-electron chi connectivity index (χ0n) is 15.1. The lowest BCUT2D eigenvalue weighted by Crippen LogP contribution is -2.40. The zero-order chi connectivity index (χ0) is 18.4. The van der Waals surface area contributed by atoms with E-state index >= 15 is 0 Å². The largest absolute Gasteiger partial charge is 0.354 e. The molecular weight excluding hydrogens is 331 g/mol. The van der Waals surface area contributed by atoms with Crippen molar-refractivity contribution in [3.8, 4) is 0 Å². The van der Waals surface area contributed by atoms with Gasteiger partial charge in [0.05, 0.1) is 0 Å². The average Bonchev–Trinajstić information content (AvgIpc) is 2.69. The van der Waals surface area contributed by atoms with Crippen molar-refractivity contribution in [3.63, 3.8) is 0 Å². The average molecular weight is 356 g/mol. The monoisotopic (exact) mass is 356 g/mol. The summed E-state index contributed by atoms with van der Waals surface area (Å²) in [5.41, 5.74) is 0.944. The second kappa shape index (κ2) is 8.74. The van der Waals surface area contributed by atoms with Gasteiger partial charge in [-0.05, 0) is 43.7 Å². The number of nitrogens with zero attached hydrogens (tertiary/aromatic N) is 3. The number of piperidine rings is 1. The lowest BCUT2D eigenvalue weighted by molar-refractivity contribution is 0.0949. The summed E-state index contributed by atoms with van der Waals surface area (Å²) in [5, 5.41) is 2.82. The number of carbonyl (C=O) groups excluding carboxylic acids is 1. The quantitative estimate of drug-likeness (QED) is 0.862. The first-order valence-corrected chi connectivity index (χ1v) is 9.29. The van der Waals surface area contributed by atoms with Gasteiger partial charge in [-0.1, -0.05) is 25.1 Å². The molecule has 1 aliphatic rings. The number of hydrogen-bond acceptors (Lipinski definition) is 4. The van der Waals surface area contributed by atoms with Crippen molar-refractivity contribution in [2.45, 2.75) is 45.1 Å². The van der Waals surface area contributed by atoms with Gasteiger partial charge in [-0.2, -0.15) is 0 Å². The molecule has 1 aromatic carbocycles. The van der Waals surface area contributed by atoms with Crippen molar-refractivity contribution in [1.82, 2.24) is 15.3 Å². The van der Waals surface area contributed by atoms with Crippen LogP contribution in [0.25, 0.3) is 0 Å². The molecule has 1 amide bonds. The van der Waals surface area contributed by atoms with Gasteiger partial charge in [0.15, 0.2) is 0 Å². The number of aromatic nitrogens is 2.